The first kappa shape index (κ1) is 26.2. The van der Waals surface area contributed by atoms with E-state index >= 15 is 0 Å². The van der Waals surface area contributed by atoms with Crippen LogP contribution in [0.3, 0.4) is 0 Å². The molecule has 5 aliphatic rings. The Labute approximate surface area is 209 Å². The smallest absolute Gasteiger partial charge is 0.143 e. The minimum atomic E-state index is 0.280. The van der Waals surface area contributed by atoms with Gasteiger partial charge < -0.3 is 9.63 Å². The molecule has 5 aliphatic carbocycles. The highest BCUT2D eigenvalue weighted by atomic mass is 16.5. The number of aliphatic hydroxyl groups is 1. The second-order valence-corrected chi connectivity index (χ2v) is 13.0. The quantitative estimate of drug-likeness (QED) is 0.447. The Balaban J connectivity index is 0.000000510. The molecule has 9 atom stereocenters. The number of hydrogen-bond donors (Lipinski definition) is 1. The highest BCUT2D eigenvalue weighted by molar-refractivity contribution is 5.28. The van der Waals surface area contributed by atoms with Crippen molar-refractivity contribution in [2.45, 2.75) is 125 Å². The van der Waals surface area contributed by atoms with Gasteiger partial charge in [0.1, 0.15) is 5.76 Å². The van der Waals surface area contributed by atoms with Crippen molar-refractivity contribution in [2.75, 3.05) is 6.61 Å². The van der Waals surface area contributed by atoms with Crippen LogP contribution in [0.15, 0.2) is 10.7 Å². The number of rotatable bonds is 1. The summed E-state index contributed by atoms with van der Waals surface area (Å²) in [5.41, 5.74) is 2.54. The van der Waals surface area contributed by atoms with Crippen molar-refractivity contribution >= 4 is 0 Å². The second kappa shape index (κ2) is 9.91. The van der Waals surface area contributed by atoms with Crippen molar-refractivity contribution in [3.8, 4) is 0 Å². The van der Waals surface area contributed by atoms with Crippen molar-refractivity contribution in [1.29, 1.82) is 0 Å². The van der Waals surface area contributed by atoms with Gasteiger partial charge in [0.15, 0.2) is 0 Å². The molecule has 194 valence electrons. The summed E-state index contributed by atoms with van der Waals surface area (Å²) in [5.74, 6) is 5.79. The lowest BCUT2D eigenvalue weighted by Gasteiger charge is -2.67. The zero-order valence-corrected chi connectivity index (χ0v) is 23.3. The molecule has 34 heavy (non-hydrogen) atoms. The van der Waals surface area contributed by atoms with Crippen LogP contribution < -0.4 is 0 Å². The van der Waals surface area contributed by atoms with E-state index in [2.05, 4.69) is 39.8 Å². The molecule has 0 saturated heterocycles. The fraction of sp³-hybridized carbons (Fsp3) is 0.903. The Morgan fingerprint density at radius 2 is 1.65 bits per heavy atom. The molecule has 0 aromatic carbocycles. The summed E-state index contributed by atoms with van der Waals surface area (Å²) in [6.07, 6.45) is 16.6. The summed E-state index contributed by atoms with van der Waals surface area (Å²) in [6, 6.07) is 0. The van der Waals surface area contributed by atoms with Gasteiger partial charge in [-0.15, -0.1) is 0 Å². The van der Waals surface area contributed by atoms with Crippen molar-refractivity contribution in [1.82, 2.24) is 5.16 Å². The number of aromatic nitrogens is 1. The van der Waals surface area contributed by atoms with Crippen LogP contribution in [-0.4, -0.2) is 16.9 Å². The third kappa shape index (κ3) is 3.73. The van der Waals surface area contributed by atoms with E-state index in [9.17, 15) is 5.11 Å². The summed E-state index contributed by atoms with van der Waals surface area (Å²) in [4.78, 5) is 0. The number of fused-ring (bicyclic) bond motifs is 8. The molecule has 9 unspecified atom stereocenters. The van der Waals surface area contributed by atoms with E-state index in [-0.39, 0.29) is 5.41 Å². The molecule has 1 heterocycles. The number of nitrogens with zero attached hydrogens (tertiary/aromatic N) is 1. The maximum absolute atomic E-state index is 10.3. The molecule has 3 nitrogen and oxygen atoms in total. The molecule has 0 radical (unpaired) electrons. The predicted octanol–water partition coefficient (Wildman–Crippen LogP) is 8.41. The fourth-order valence-electron chi connectivity index (χ4n) is 10.5. The Kier molecular flexibility index (Phi) is 7.65. The van der Waals surface area contributed by atoms with Crippen LogP contribution in [0, 0.1) is 45.8 Å². The molecule has 6 rings (SSSR count). The standard InChI is InChI=1S/C26H39NO2.C3H8.C2H6/c1-16-19-8-11-24(2)20-9-12-26(15-28)10-4-5-21(26)18(20)6-7-22(24)25(19,3)13-17-14-27-29-23(16)17;1-3-2;1-2/h14,16,18-22,28H,4-13,15H2,1-3H3;3H2,1-2H3;1-2H3. The Morgan fingerprint density at radius 1 is 0.941 bits per heavy atom. The van der Waals surface area contributed by atoms with Gasteiger partial charge in [-0.2, -0.15) is 0 Å². The normalized spacial score (nSPS) is 46.2. The molecular weight excluding hydrogens is 418 g/mol. The SMILES string of the molecule is CC.CC1c2oncc2CC2(C)C1CCC1(C)C3CCC4(CO)CCCC4C3CCC21.CCC. The largest absolute Gasteiger partial charge is 0.396 e. The van der Waals surface area contributed by atoms with Gasteiger partial charge >= 0.3 is 0 Å². The maximum atomic E-state index is 10.3. The second-order valence-electron chi connectivity index (χ2n) is 13.0. The first-order valence-corrected chi connectivity index (χ1v) is 14.9. The number of hydrogen-bond acceptors (Lipinski definition) is 3. The fourth-order valence-corrected chi connectivity index (χ4v) is 10.5. The van der Waals surface area contributed by atoms with E-state index in [0.717, 1.165) is 29.6 Å². The van der Waals surface area contributed by atoms with Gasteiger partial charge in [0.2, 0.25) is 0 Å². The molecule has 0 bridgehead atoms. The summed E-state index contributed by atoms with van der Waals surface area (Å²) in [5, 5.41) is 14.5. The summed E-state index contributed by atoms with van der Waals surface area (Å²) in [6.45, 7) is 16.4. The van der Waals surface area contributed by atoms with Crippen molar-refractivity contribution in [2.24, 2.45) is 45.8 Å². The Morgan fingerprint density at radius 3 is 2.35 bits per heavy atom. The molecule has 0 spiro atoms. The lowest BCUT2D eigenvalue weighted by Crippen LogP contribution is -2.60. The Hall–Kier alpha value is -0.830. The van der Waals surface area contributed by atoms with Crippen LogP contribution in [0.4, 0.5) is 0 Å². The average molecular weight is 472 g/mol. The highest BCUT2D eigenvalue weighted by Gasteiger charge is 2.64. The van der Waals surface area contributed by atoms with Crippen LogP contribution in [0.5, 0.6) is 0 Å². The van der Waals surface area contributed by atoms with E-state index in [1.54, 1.807) is 0 Å². The van der Waals surface area contributed by atoms with Crippen LogP contribution in [0.25, 0.3) is 0 Å². The van der Waals surface area contributed by atoms with E-state index in [0.29, 0.717) is 23.4 Å². The van der Waals surface area contributed by atoms with Crippen LogP contribution in [-0.2, 0) is 6.42 Å². The molecule has 1 N–H and O–H groups in total. The van der Waals surface area contributed by atoms with Crippen molar-refractivity contribution < 1.29 is 9.63 Å². The van der Waals surface area contributed by atoms with Crippen molar-refractivity contribution in [3.05, 3.63) is 17.5 Å². The van der Waals surface area contributed by atoms with Gasteiger partial charge in [0.05, 0.1) is 6.20 Å². The summed E-state index contributed by atoms with van der Waals surface area (Å²) < 4.78 is 5.71. The van der Waals surface area contributed by atoms with Gasteiger partial charge in [0.25, 0.3) is 0 Å². The minimum Gasteiger partial charge on any atom is -0.396 e. The third-order valence-electron chi connectivity index (χ3n) is 11.6. The van der Waals surface area contributed by atoms with Crippen LogP contribution in [0.2, 0.25) is 0 Å². The maximum Gasteiger partial charge on any atom is 0.143 e. The van der Waals surface area contributed by atoms with Gasteiger partial charge in [-0.3, -0.25) is 0 Å². The van der Waals surface area contributed by atoms with E-state index in [1.807, 2.05) is 20.0 Å². The van der Waals surface area contributed by atoms with E-state index in [1.165, 1.54) is 82.0 Å². The zero-order valence-electron chi connectivity index (χ0n) is 23.3. The van der Waals surface area contributed by atoms with Crippen LogP contribution >= 0.6 is 0 Å². The zero-order chi connectivity index (χ0) is 24.7. The lowest BCUT2D eigenvalue weighted by molar-refractivity contribution is -0.175. The molecule has 4 saturated carbocycles. The molecular formula is C31H53NO2. The van der Waals surface area contributed by atoms with Gasteiger partial charge in [-0.1, -0.05) is 66.5 Å². The van der Waals surface area contributed by atoms with Gasteiger partial charge in [0, 0.05) is 18.1 Å². The third-order valence-corrected chi connectivity index (χ3v) is 11.6. The predicted molar refractivity (Wildman–Crippen MR) is 141 cm³/mol. The van der Waals surface area contributed by atoms with E-state index < -0.39 is 0 Å². The van der Waals surface area contributed by atoms with Crippen molar-refractivity contribution in [3.63, 3.8) is 0 Å². The summed E-state index contributed by atoms with van der Waals surface area (Å²) >= 11 is 0. The Bertz CT molecular complexity index is 818. The highest BCUT2D eigenvalue weighted by Crippen LogP contribution is 2.71. The number of aliphatic hydroxyl groups excluding tert-OH is 1. The first-order chi connectivity index (χ1) is 16.3. The van der Waals surface area contributed by atoms with E-state index in [4.69, 9.17) is 4.52 Å². The molecule has 4 fully saturated rings. The molecule has 1 aromatic rings. The molecule has 0 aliphatic heterocycles. The minimum absolute atomic E-state index is 0.280. The topological polar surface area (TPSA) is 46.3 Å². The molecule has 0 amide bonds. The van der Waals surface area contributed by atoms with Gasteiger partial charge in [-0.25, -0.2) is 0 Å². The molecule has 1 aromatic heterocycles. The lowest BCUT2D eigenvalue weighted by atomic mass is 9.38. The molecule has 3 heteroatoms. The van der Waals surface area contributed by atoms with Crippen LogP contribution in [0.1, 0.15) is 130 Å². The average Bonchev–Trinajstić information content (AvgIpc) is 3.48. The monoisotopic (exact) mass is 471 g/mol. The van der Waals surface area contributed by atoms with Gasteiger partial charge in [-0.05, 0) is 104 Å². The first-order valence-electron chi connectivity index (χ1n) is 14.9. The summed E-state index contributed by atoms with van der Waals surface area (Å²) in [7, 11) is 0.